The van der Waals surface area contributed by atoms with Crippen molar-refractivity contribution in [2.75, 3.05) is 7.11 Å². The highest BCUT2D eigenvalue weighted by molar-refractivity contribution is 5.99. The van der Waals surface area contributed by atoms with E-state index in [1.54, 1.807) is 24.1 Å². The molecule has 4 aromatic rings. The Hall–Kier alpha value is -3.93. The van der Waals surface area contributed by atoms with Gasteiger partial charge in [0.2, 0.25) is 5.76 Å². The fraction of sp³-hybridized carbons (Fsp3) is 0.154. The van der Waals surface area contributed by atoms with Gasteiger partial charge in [-0.3, -0.25) is 9.59 Å². The summed E-state index contributed by atoms with van der Waals surface area (Å²) in [4.78, 5) is 28.5. The smallest absolute Gasteiger partial charge is 0.291 e. The Balaban J connectivity index is 1.72. The minimum atomic E-state index is -0.683. The Morgan fingerprint density at radius 3 is 2.56 bits per heavy atom. The van der Waals surface area contributed by atoms with Gasteiger partial charge in [0.1, 0.15) is 17.1 Å². The zero-order valence-corrected chi connectivity index (χ0v) is 17.6. The standard InChI is InChI=1S/C26H20FNO4/c1-15-6-8-16(9-7-15)14-28-23(17-4-3-5-19(12-17)31-2)22-24(29)20-13-18(27)10-11-21(20)32-25(22)26(28)30/h3-13,23H,14H2,1-2H3. The lowest BCUT2D eigenvalue weighted by atomic mass is 9.98. The van der Waals surface area contributed by atoms with E-state index in [0.29, 0.717) is 11.3 Å². The molecule has 0 N–H and O–H groups in total. The van der Waals surface area contributed by atoms with Crippen molar-refractivity contribution in [1.29, 1.82) is 0 Å². The number of carbonyl (C=O) groups is 1. The van der Waals surface area contributed by atoms with E-state index in [9.17, 15) is 14.0 Å². The van der Waals surface area contributed by atoms with Crippen LogP contribution in [0.4, 0.5) is 4.39 Å². The summed E-state index contributed by atoms with van der Waals surface area (Å²) < 4.78 is 25.1. The number of ether oxygens (including phenoxy) is 1. The van der Waals surface area contributed by atoms with E-state index < -0.39 is 17.3 Å². The molecule has 6 heteroatoms. The maximum absolute atomic E-state index is 13.9. The quantitative estimate of drug-likeness (QED) is 0.458. The normalized spacial score (nSPS) is 15.3. The molecule has 0 spiro atoms. The molecule has 5 rings (SSSR count). The maximum Gasteiger partial charge on any atom is 0.291 e. The third kappa shape index (κ3) is 3.24. The average molecular weight is 429 g/mol. The van der Waals surface area contributed by atoms with Gasteiger partial charge in [-0.15, -0.1) is 0 Å². The van der Waals surface area contributed by atoms with Crippen LogP contribution >= 0.6 is 0 Å². The number of nitrogens with zero attached hydrogens (tertiary/aromatic N) is 1. The number of aryl methyl sites for hydroxylation is 1. The molecular weight excluding hydrogens is 409 g/mol. The molecule has 1 amide bonds. The summed E-state index contributed by atoms with van der Waals surface area (Å²) in [7, 11) is 1.56. The summed E-state index contributed by atoms with van der Waals surface area (Å²) in [6.45, 7) is 2.28. The molecule has 0 aliphatic carbocycles. The fourth-order valence-electron chi connectivity index (χ4n) is 4.20. The van der Waals surface area contributed by atoms with Crippen LogP contribution < -0.4 is 10.2 Å². The first kappa shape index (κ1) is 20.0. The zero-order valence-electron chi connectivity index (χ0n) is 17.6. The molecule has 1 unspecified atom stereocenters. The van der Waals surface area contributed by atoms with E-state index >= 15 is 0 Å². The van der Waals surface area contributed by atoms with Crippen LogP contribution in [0.15, 0.2) is 75.9 Å². The molecule has 1 aliphatic heterocycles. The van der Waals surface area contributed by atoms with Crippen LogP contribution in [0.1, 0.15) is 38.9 Å². The van der Waals surface area contributed by atoms with E-state index in [1.165, 1.54) is 12.1 Å². The van der Waals surface area contributed by atoms with Gasteiger partial charge in [-0.25, -0.2) is 4.39 Å². The first-order valence-electron chi connectivity index (χ1n) is 10.2. The molecule has 1 aromatic heterocycles. The number of carbonyl (C=O) groups excluding carboxylic acids is 1. The van der Waals surface area contributed by atoms with Crippen molar-refractivity contribution in [3.63, 3.8) is 0 Å². The third-order valence-electron chi connectivity index (χ3n) is 5.81. The first-order valence-corrected chi connectivity index (χ1v) is 10.2. The number of methoxy groups -OCH3 is 1. The van der Waals surface area contributed by atoms with Gasteiger partial charge >= 0.3 is 0 Å². The van der Waals surface area contributed by atoms with Gasteiger partial charge in [-0.2, -0.15) is 0 Å². The molecule has 3 aromatic carbocycles. The topological polar surface area (TPSA) is 59.8 Å². The fourth-order valence-corrected chi connectivity index (χ4v) is 4.20. The Morgan fingerprint density at radius 2 is 1.81 bits per heavy atom. The predicted molar refractivity (Wildman–Crippen MR) is 118 cm³/mol. The van der Waals surface area contributed by atoms with E-state index in [1.807, 2.05) is 43.3 Å². The minimum absolute atomic E-state index is 0.00552. The van der Waals surface area contributed by atoms with Crippen LogP contribution in [0.25, 0.3) is 11.0 Å². The van der Waals surface area contributed by atoms with Crippen LogP contribution in [0.2, 0.25) is 0 Å². The number of halogens is 1. The summed E-state index contributed by atoms with van der Waals surface area (Å²) in [5, 5.41) is 0.113. The Labute approximate surface area is 183 Å². The highest BCUT2D eigenvalue weighted by Crippen LogP contribution is 2.40. The number of hydrogen-bond donors (Lipinski definition) is 0. The predicted octanol–water partition coefficient (Wildman–Crippen LogP) is 4.99. The summed E-state index contributed by atoms with van der Waals surface area (Å²) in [6.07, 6.45) is 0. The van der Waals surface area contributed by atoms with Gasteiger partial charge in [0.15, 0.2) is 5.43 Å². The summed E-state index contributed by atoms with van der Waals surface area (Å²) in [5.41, 5.74) is 2.74. The summed E-state index contributed by atoms with van der Waals surface area (Å²) >= 11 is 0. The number of amides is 1. The number of fused-ring (bicyclic) bond motifs is 2. The lowest BCUT2D eigenvalue weighted by molar-refractivity contribution is 0.0714. The van der Waals surface area contributed by atoms with Crippen LogP contribution in [-0.2, 0) is 6.54 Å². The number of rotatable bonds is 4. The van der Waals surface area contributed by atoms with Gasteiger partial charge in [-0.05, 0) is 48.4 Å². The van der Waals surface area contributed by atoms with Crippen molar-refractivity contribution in [2.45, 2.75) is 19.5 Å². The molecule has 0 radical (unpaired) electrons. The zero-order chi connectivity index (χ0) is 22.4. The molecule has 1 atom stereocenters. The monoisotopic (exact) mass is 429 g/mol. The van der Waals surface area contributed by atoms with E-state index in [-0.39, 0.29) is 34.7 Å². The summed E-state index contributed by atoms with van der Waals surface area (Å²) in [5.74, 6) is -0.316. The molecule has 0 saturated carbocycles. The van der Waals surface area contributed by atoms with E-state index in [2.05, 4.69) is 0 Å². The molecule has 5 nitrogen and oxygen atoms in total. The maximum atomic E-state index is 13.9. The van der Waals surface area contributed by atoms with Crippen LogP contribution in [0.5, 0.6) is 5.75 Å². The first-order chi connectivity index (χ1) is 15.5. The van der Waals surface area contributed by atoms with Crippen molar-refractivity contribution >= 4 is 16.9 Å². The van der Waals surface area contributed by atoms with Gasteiger partial charge in [0, 0.05) is 6.54 Å². The molecule has 160 valence electrons. The van der Waals surface area contributed by atoms with Crippen LogP contribution in [0, 0.1) is 12.7 Å². The van der Waals surface area contributed by atoms with E-state index in [0.717, 1.165) is 17.2 Å². The van der Waals surface area contributed by atoms with Gasteiger partial charge < -0.3 is 14.1 Å². The second-order valence-electron chi connectivity index (χ2n) is 7.91. The lowest BCUT2D eigenvalue weighted by Crippen LogP contribution is -2.29. The van der Waals surface area contributed by atoms with Crippen LogP contribution in [0.3, 0.4) is 0 Å². The van der Waals surface area contributed by atoms with Crippen molar-refractivity contribution in [1.82, 2.24) is 4.90 Å². The average Bonchev–Trinajstić information content (AvgIpc) is 3.08. The molecule has 0 saturated heterocycles. The Kier molecular flexibility index (Phi) is 4.78. The van der Waals surface area contributed by atoms with Crippen molar-refractivity contribution in [3.05, 3.63) is 111 Å². The van der Waals surface area contributed by atoms with Crippen molar-refractivity contribution in [3.8, 4) is 5.75 Å². The SMILES string of the molecule is COc1cccc(C2c3c(oc4ccc(F)cc4c3=O)C(=O)N2Cc2ccc(C)cc2)c1. The van der Waals surface area contributed by atoms with Crippen molar-refractivity contribution < 1.29 is 18.3 Å². The number of hydrogen-bond acceptors (Lipinski definition) is 4. The molecule has 0 bridgehead atoms. The van der Waals surface area contributed by atoms with Crippen molar-refractivity contribution in [2.24, 2.45) is 0 Å². The Morgan fingerprint density at radius 1 is 1.03 bits per heavy atom. The second-order valence-corrected chi connectivity index (χ2v) is 7.91. The molecule has 0 fully saturated rings. The number of benzene rings is 3. The van der Waals surface area contributed by atoms with Gasteiger partial charge in [0.25, 0.3) is 5.91 Å². The molecule has 2 heterocycles. The molecule has 32 heavy (non-hydrogen) atoms. The lowest BCUT2D eigenvalue weighted by Gasteiger charge is -2.25. The highest BCUT2D eigenvalue weighted by Gasteiger charge is 2.42. The summed E-state index contributed by atoms with van der Waals surface area (Å²) in [6, 6.07) is 18.2. The van der Waals surface area contributed by atoms with Crippen LogP contribution in [-0.4, -0.2) is 17.9 Å². The second kappa shape index (κ2) is 7.64. The van der Waals surface area contributed by atoms with Gasteiger partial charge in [0.05, 0.1) is 24.1 Å². The molecule has 1 aliphatic rings. The molecular formula is C26H20FNO4. The Bertz CT molecular complexity index is 1410. The third-order valence-corrected chi connectivity index (χ3v) is 5.81. The largest absolute Gasteiger partial charge is 0.497 e. The van der Waals surface area contributed by atoms with Gasteiger partial charge in [-0.1, -0.05) is 42.0 Å². The minimum Gasteiger partial charge on any atom is -0.497 e. The van der Waals surface area contributed by atoms with E-state index in [4.69, 9.17) is 9.15 Å². The highest BCUT2D eigenvalue weighted by atomic mass is 19.1.